The molecule has 2 aliphatic carbocycles. The van der Waals surface area contributed by atoms with Crippen LogP contribution in [0.15, 0.2) is 23.1 Å². The summed E-state index contributed by atoms with van der Waals surface area (Å²) in [6.45, 7) is 8.78. The SMILES string of the molecule is CC(C)OC(=O)OCOC(=O)[C@H]1[C@@H]2[C@H](C)[C@@H](CSc3ccc(F)c(F)c3)[C@@](C)(C(=O)OCOC(=O)OC(C)C)[C@H]12. The molecule has 3 rings (SSSR count). The minimum atomic E-state index is -1.21. The van der Waals surface area contributed by atoms with E-state index < -0.39 is 78.9 Å². The second-order valence-electron chi connectivity index (χ2n) is 10.5. The van der Waals surface area contributed by atoms with Crippen LogP contribution in [-0.4, -0.2) is 55.8 Å². The number of ether oxygens (including phenoxy) is 6. The third kappa shape index (κ3) is 7.15. The van der Waals surface area contributed by atoms with E-state index in [2.05, 4.69) is 0 Å². The van der Waals surface area contributed by atoms with E-state index in [1.807, 2.05) is 6.92 Å². The van der Waals surface area contributed by atoms with Gasteiger partial charge in [-0.1, -0.05) is 6.92 Å². The Labute approximate surface area is 235 Å². The molecule has 222 valence electrons. The average molecular weight is 589 g/mol. The number of hydrogen-bond acceptors (Lipinski definition) is 11. The van der Waals surface area contributed by atoms with Crippen LogP contribution in [0.3, 0.4) is 0 Å². The largest absolute Gasteiger partial charge is 0.511 e. The third-order valence-corrected chi connectivity index (χ3v) is 8.33. The van der Waals surface area contributed by atoms with Gasteiger partial charge in [0, 0.05) is 10.6 Å². The van der Waals surface area contributed by atoms with Crippen LogP contribution in [0, 0.1) is 46.6 Å². The van der Waals surface area contributed by atoms with E-state index in [1.165, 1.54) is 17.8 Å². The maximum atomic E-state index is 13.7. The third-order valence-electron chi connectivity index (χ3n) is 7.22. The predicted octanol–water partition coefficient (Wildman–Crippen LogP) is 5.32. The number of esters is 2. The van der Waals surface area contributed by atoms with Gasteiger partial charge in [-0.05, 0) is 76.5 Å². The number of carbonyl (C=O) groups is 4. The average Bonchev–Trinajstić information content (AvgIpc) is 3.56. The zero-order valence-electron chi connectivity index (χ0n) is 23.1. The molecule has 10 nitrogen and oxygen atoms in total. The quantitative estimate of drug-likeness (QED) is 0.144. The summed E-state index contributed by atoms with van der Waals surface area (Å²) in [5, 5.41) is 0. The number of fused-ring (bicyclic) bond motifs is 1. The van der Waals surface area contributed by atoms with Crippen molar-refractivity contribution in [1.82, 2.24) is 0 Å². The van der Waals surface area contributed by atoms with E-state index in [9.17, 15) is 28.0 Å². The number of carbonyl (C=O) groups excluding carboxylic acids is 4. The fraction of sp³-hybridized carbons (Fsp3) is 0.630. The molecule has 13 heteroatoms. The van der Waals surface area contributed by atoms with Crippen molar-refractivity contribution in [3.8, 4) is 0 Å². The van der Waals surface area contributed by atoms with Crippen molar-refractivity contribution in [2.24, 2.45) is 35.0 Å². The van der Waals surface area contributed by atoms with Gasteiger partial charge in [0.05, 0.1) is 23.5 Å². The van der Waals surface area contributed by atoms with Crippen LogP contribution in [0.1, 0.15) is 41.5 Å². The van der Waals surface area contributed by atoms with Gasteiger partial charge < -0.3 is 28.4 Å². The number of halogens is 2. The monoisotopic (exact) mass is 588 g/mol. The van der Waals surface area contributed by atoms with Crippen LogP contribution in [0.4, 0.5) is 18.4 Å². The van der Waals surface area contributed by atoms with Crippen molar-refractivity contribution >= 4 is 36.0 Å². The molecule has 0 spiro atoms. The van der Waals surface area contributed by atoms with Crippen molar-refractivity contribution < 1.29 is 56.4 Å². The molecule has 2 saturated carbocycles. The molecule has 0 bridgehead atoms. The summed E-state index contributed by atoms with van der Waals surface area (Å²) in [5.41, 5.74) is -1.21. The van der Waals surface area contributed by atoms with Crippen LogP contribution in [0.25, 0.3) is 0 Å². The fourth-order valence-corrected chi connectivity index (χ4v) is 6.84. The fourth-order valence-electron chi connectivity index (χ4n) is 5.46. The summed E-state index contributed by atoms with van der Waals surface area (Å²) in [5.74, 6) is -4.81. The van der Waals surface area contributed by atoms with Gasteiger partial charge >= 0.3 is 24.2 Å². The molecular weight excluding hydrogens is 554 g/mol. The van der Waals surface area contributed by atoms with Crippen LogP contribution in [-0.2, 0) is 38.0 Å². The molecule has 0 aromatic heterocycles. The Bertz CT molecular complexity index is 1110. The molecule has 1 aromatic carbocycles. The Morgan fingerprint density at radius 2 is 1.48 bits per heavy atom. The first-order valence-electron chi connectivity index (χ1n) is 12.9. The zero-order chi connectivity index (χ0) is 29.8. The number of thioether (sulfide) groups is 1. The summed E-state index contributed by atoms with van der Waals surface area (Å²) in [6, 6.07) is 3.55. The summed E-state index contributed by atoms with van der Waals surface area (Å²) in [7, 11) is 0. The molecule has 40 heavy (non-hydrogen) atoms. The van der Waals surface area contributed by atoms with Gasteiger partial charge in [-0.3, -0.25) is 9.59 Å². The molecule has 2 fully saturated rings. The van der Waals surface area contributed by atoms with E-state index in [0.717, 1.165) is 12.1 Å². The lowest BCUT2D eigenvalue weighted by atomic mass is 9.72. The maximum absolute atomic E-state index is 13.7. The van der Waals surface area contributed by atoms with Crippen LogP contribution in [0.2, 0.25) is 0 Å². The van der Waals surface area contributed by atoms with E-state index in [0.29, 0.717) is 10.6 Å². The molecule has 2 aliphatic rings. The number of hydrogen-bond donors (Lipinski definition) is 0. The van der Waals surface area contributed by atoms with Gasteiger partial charge in [-0.15, -0.1) is 11.8 Å². The molecule has 0 saturated heterocycles. The van der Waals surface area contributed by atoms with Gasteiger partial charge in [-0.2, -0.15) is 0 Å². The highest BCUT2D eigenvalue weighted by Gasteiger charge is 2.76. The standard InChI is InChI=1S/C27H34F2O10S/c1-13(2)38-25(32)36-11-34-23(30)21-20-15(5)17(10-40-16-7-8-18(28)19(29)9-16)27(6,22(20)21)24(31)35-12-37-26(33)39-14(3)4/h7-9,13-15,17,20-22H,10-12H2,1-6H3/t15-,17-,20+,21+,22+,27-/m1/s1. The molecule has 0 unspecified atom stereocenters. The Morgan fingerprint density at radius 3 is 2.02 bits per heavy atom. The minimum Gasteiger partial charge on any atom is -0.431 e. The Balaban J connectivity index is 1.70. The number of rotatable bonds is 11. The van der Waals surface area contributed by atoms with Crippen molar-refractivity contribution in [1.29, 1.82) is 0 Å². The number of benzene rings is 1. The topological polar surface area (TPSA) is 124 Å². The molecular formula is C27H34F2O10S. The van der Waals surface area contributed by atoms with Gasteiger partial charge in [-0.25, -0.2) is 18.4 Å². The highest BCUT2D eigenvalue weighted by Crippen LogP contribution is 2.72. The Kier molecular flexibility index (Phi) is 10.3. The lowest BCUT2D eigenvalue weighted by molar-refractivity contribution is -0.170. The normalized spacial score (nSPS) is 26.6. The highest BCUT2D eigenvalue weighted by atomic mass is 32.2. The summed E-state index contributed by atoms with van der Waals surface area (Å²) in [6.07, 6.45) is -2.81. The second kappa shape index (κ2) is 13.0. The van der Waals surface area contributed by atoms with Gasteiger partial charge in [0.15, 0.2) is 11.6 Å². The van der Waals surface area contributed by atoms with Crippen molar-refractivity contribution in [3.05, 3.63) is 29.8 Å². The van der Waals surface area contributed by atoms with Gasteiger partial charge in [0.2, 0.25) is 13.6 Å². The molecule has 0 radical (unpaired) electrons. The molecule has 1 aromatic rings. The predicted molar refractivity (Wildman–Crippen MR) is 136 cm³/mol. The van der Waals surface area contributed by atoms with Crippen LogP contribution >= 0.6 is 11.8 Å². The summed E-state index contributed by atoms with van der Waals surface area (Å²) in [4.78, 5) is 50.0. The molecule has 0 amide bonds. The maximum Gasteiger partial charge on any atom is 0.511 e. The van der Waals surface area contributed by atoms with Gasteiger partial charge in [0.1, 0.15) is 0 Å². The lowest BCUT2D eigenvalue weighted by Gasteiger charge is -2.35. The first-order chi connectivity index (χ1) is 18.8. The van der Waals surface area contributed by atoms with Crippen LogP contribution < -0.4 is 0 Å². The van der Waals surface area contributed by atoms with E-state index in [-0.39, 0.29) is 17.8 Å². The molecule has 0 N–H and O–H groups in total. The zero-order valence-corrected chi connectivity index (χ0v) is 24.0. The molecule has 6 atom stereocenters. The second-order valence-corrected chi connectivity index (χ2v) is 11.6. The first kappa shape index (κ1) is 31.4. The van der Waals surface area contributed by atoms with E-state index >= 15 is 0 Å². The minimum absolute atomic E-state index is 0.170. The van der Waals surface area contributed by atoms with E-state index in [4.69, 9.17) is 28.4 Å². The van der Waals surface area contributed by atoms with Crippen LogP contribution in [0.5, 0.6) is 0 Å². The molecule has 0 aliphatic heterocycles. The molecule has 0 heterocycles. The first-order valence-corrected chi connectivity index (χ1v) is 13.8. The summed E-state index contributed by atoms with van der Waals surface area (Å²) >= 11 is 1.25. The lowest BCUT2D eigenvalue weighted by Crippen LogP contribution is -2.42. The summed E-state index contributed by atoms with van der Waals surface area (Å²) < 4.78 is 56.8. The highest BCUT2D eigenvalue weighted by molar-refractivity contribution is 7.99. The van der Waals surface area contributed by atoms with Crippen molar-refractivity contribution in [2.75, 3.05) is 19.3 Å². The van der Waals surface area contributed by atoms with Gasteiger partial charge in [0.25, 0.3) is 0 Å². The van der Waals surface area contributed by atoms with Crippen molar-refractivity contribution in [3.63, 3.8) is 0 Å². The Morgan fingerprint density at radius 1 is 0.900 bits per heavy atom. The van der Waals surface area contributed by atoms with Crippen molar-refractivity contribution in [2.45, 2.75) is 58.6 Å². The van der Waals surface area contributed by atoms with E-state index in [1.54, 1.807) is 34.6 Å². The Hall–Kier alpha value is -3.09. The smallest absolute Gasteiger partial charge is 0.431 e.